The highest BCUT2D eigenvalue weighted by Crippen LogP contribution is 2.17. The first-order valence-electron chi connectivity index (χ1n) is 7.68. The van der Waals surface area contributed by atoms with Gasteiger partial charge in [0.25, 0.3) is 0 Å². The van der Waals surface area contributed by atoms with Gasteiger partial charge in [0.1, 0.15) is 0 Å². The lowest BCUT2D eigenvalue weighted by molar-refractivity contribution is -0.136. The van der Waals surface area contributed by atoms with Crippen LogP contribution in [0.25, 0.3) is 0 Å². The maximum atomic E-state index is 12.4. The van der Waals surface area contributed by atoms with E-state index in [9.17, 15) is 4.79 Å². The smallest absolute Gasteiger partial charge is 0.225 e. The summed E-state index contributed by atoms with van der Waals surface area (Å²) in [5.74, 6) is 1.27. The lowest BCUT2D eigenvalue weighted by Gasteiger charge is -2.31. The molecule has 3 heteroatoms. The average molecular weight is 254 g/mol. The molecule has 1 N–H and O–H groups in total. The molecule has 1 unspecified atom stereocenters. The summed E-state index contributed by atoms with van der Waals surface area (Å²) in [6.07, 6.45) is 5.62. The van der Waals surface area contributed by atoms with Crippen molar-refractivity contribution in [2.24, 2.45) is 11.8 Å². The van der Waals surface area contributed by atoms with Gasteiger partial charge in [-0.25, -0.2) is 0 Å². The number of amides is 1. The number of hydrogen-bond acceptors (Lipinski definition) is 2. The quantitative estimate of drug-likeness (QED) is 0.757. The summed E-state index contributed by atoms with van der Waals surface area (Å²) in [5, 5.41) is 3.39. The zero-order valence-electron chi connectivity index (χ0n) is 12.4. The Hall–Kier alpha value is -0.570. The molecule has 3 nitrogen and oxygen atoms in total. The van der Waals surface area contributed by atoms with Crippen molar-refractivity contribution in [1.29, 1.82) is 0 Å². The van der Waals surface area contributed by atoms with Crippen LogP contribution >= 0.6 is 0 Å². The molecule has 1 atom stereocenters. The van der Waals surface area contributed by atoms with E-state index in [1.54, 1.807) is 0 Å². The van der Waals surface area contributed by atoms with Crippen LogP contribution < -0.4 is 5.32 Å². The van der Waals surface area contributed by atoms with E-state index in [2.05, 4.69) is 31.0 Å². The van der Waals surface area contributed by atoms with Crippen LogP contribution in [0.2, 0.25) is 0 Å². The highest BCUT2D eigenvalue weighted by atomic mass is 16.2. The molecule has 18 heavy (non-hydrogen) atoms. The molecule has 1 aliphatic rings. The molecule has 1 aliphatic heterocycles. The molecular weight excluding hydrogens is 224 g/mol. The van der Waals surface area contributed by atoms with E-state index in [4.69, 9.17) is 0 Å². The lowest BCUT2D eigenvalue weighted by atomic mass is 9.96. The molecule has 0 saturated carbocycles. The maximum absolute atomic E-state index is 12.4. The minimum Gasteiger partial charge on any atom is -0.342 e. The van der Waals surface area contributed by atoms with Crippen LogP contribution in [-0.4, -0.2) is 37.0 Å². The number of hydrogen-bond donors (Lipinski definition) is 1. The second-order valence-electron chi connectivity index (χ2n) is 5.67. The third-order valence-electron chi connectivity index (χ3n) is 3.89. The fourth-order valence-electron chi connectivity index (χ4n) is 2.81. The number of carbonyl (C=O) groups is 1. The Bertz CT molecular complexity index is 237. The van der Waals surface area contributed by atoms with Gasteiger partial charge in [0.15, 0.2) is 0 Å². The maximum Gasteiger partial charge on any atom is 0.225 e. The number of carbonyl (C=O) groups excluding carboxylic acids is 1. The summed E-state index contributed by atoms with van der Waals surface area (Å²) in [5.41, 5.74) is 0. The van der Waals surface area contributed by atoms with Crippen LogP contribution in [0.3, 0.4) is 0 Å². The molecule has 0 aromatic carbocycles. The summed E-state index contributed by atoms with van der Waals surface area (Å²) in [4.78, 5) is 14.5. The van der Waals surface area contributed by atoms with Gasteiger partial charge >= 0.3 is 0 Å². The van der Waals surface area contributed by atoms with Crippen molar-refractivity contribution in [3.63, 3.8) is 0 Å². The van der Waals surface area contributed by atoms with Gasteiger partial charge in [-0.15, -0.1) is 0 Å². The highest BCUT2D eigenvalue weighted by Gasteiger charge is 2.23. The molecule has 1 saturated heterocycles. The molecule has 1 amide bonds. The zero-order chi connectivity index (χ0) is 13.4. The number of nitrogens with one attached hydrogen (secondary N) is 1. The van der Waals surface area contributed by atoms with Crippen LogP contribution in [-0.2, 0) is 4.79 Å². The summed E-state index contributed by atoms with van der Waals surface area (Å²) in [6.45, 7) is 10.5. The molecule has 0 aromatic heterocycles. The van der Waals surface area contributed by atoms with Gasteiger partial charge in [0, 0.05) is 19.0 Å². The van der Waals surface area contributed by atoms with E-state index >= 15 is 0 Å². The number of nitrogens with zero attached hydrogens (tertiary/aromatic N) is 1. The number of rotatable bonds is 7. The zero-order valence-corrected chi connectivity index (χ0v) is 12.4. The molecule has 1 rings (SSSR count). The Balaban J connectivity index is 2.48. The van der Waals surface area contributed by atoms with Crippen molar-refractivity contribution in [1.82, 2.24) is 10.2 Å². The fourth-order valence-corrected chi connectivity index (χ4v) is 2.81. The van der Waals surface area contributed by atoms with Gasteiger partial charge in [-0.1, -0.05) is 27.2 Å². The summed E-state index contributed by atoms with van der Waals surface area (Å²) in [7, 11) is 0. The highest BCUT2D eigenvalue weighted by molar-refractivity contribution is 5.78. The van der Waals surface area contributed by atoms with Crippen LogP contribution in [0.1, 0.15) is 52.9 Å². The third-order valence-corrected chi connectivity index (χ3v) is 3.89. The van der Waals surface area contributed by atoms with Gasteiger partial charge in [-0.05, 0) is 44.7 Å². The molecule has 106 valence electrons. The minimum atomic E-state index is 0.197. The largest absolute Gasteiger partial charge is 0.342 e. The molecule has 0 radical (unpaired) electrons. The van der Waals surface area contributed by atoms with E-state index < -0.39 is 0 Å². The van der Waals surface area contributed by atoms with Crippen LogP contribution in [0.4, 0.5) is 0 Å². The second-order valence-corrected chi connectivity index (χ2v) is 5.67. The molecule has 0 spiro atoms. The average Bonchev–Trinajstić information content (AvgIpc) is 2.39. The normalized spacial score (nSPS) is 18.6. The van der Waals surface area contributed by atoms with Gasteiger partial charge in [0.05, 0.1) is 0 Å². The third kappa shape index (κ3) is 4.97. The predicted molar refractivity (Wildman–Crippen MR) is 76.5 cm³/mol. The Morgan fingerprint density at radius 2 is 1.94 bits per heavy atom. The van der Waals surface area contributed by atoms with Crippen LogP contribution in [0, 0.1) is 11.8 Å². The van der Waals surface area contributed by atoms with E-state index in [1.807, 2.05) is 0 Å². The van der Waals surface area contributed by atoms with Gasteiger partial charge in [0.2, 0.25) is 5.91 Å². The second kappa shape index (κ2) is 8.52. The molecular formula is C15H30N2O. The lowest BCUT2D eigenvalue weighted by Crippen LogP contribution is -2.41. The first-order valence-corrected chi connectivity index (χ1v) is 7.68. The van der Waals surface area contributed by atoms with Crippen molar-refractivity contribution < 1.29 is 4.79 Å². The Kier molecular flexibility index (Phi) is 7.33. The monoisotopic (exact) mass is 254 g/mol. The van der Waals surface area contributed by atoms with Crippen molar-refractivity contribution in [3.8, 4) is 0 Å². The SMILES string of the molecule is CCCC(C)C(=O)N(CCC)CC1CCNCC1. The van der Waals surface area contributed by atoms with Crippen molar-refractivity contribution in [2.75, 3.05) is 26.2 Å². The Morgan fingerprint density at radius 3 is 2.50 bits per heavy atom. The van der Waals surface area contributed by atoms with Crippen LogP contribution in [0.15, 0.2) is 0 Å². The van der Waals surface area contributed by atoms with Crippen LogP contribution in [0.5, 0.6) is 0 Å². The topological polar surface area (TPSA) is 32.3 Å². The molecule has 1 fully saturated rings. The Labute approximate surface area is 112 Å². The fraction of sp³-hybridized carbons (Fsp3) is 0.933. The van der Waals surface area contributed by atoms with E-state index in [0.29, 0.717) is 11.8 Å². The summed E-state index contributed by atoms with van der Waals surface area (Å²) in [6, 6.07) is 0. The van der Waals surface area contributed by atoms with Gasteiger partial charge in [-0.2, -0.15) is 0 Å². The van der Waals surface area contributed by atoms with E-state index in [0.717, 1.165) is 45.4 Å². The first kappa shape index (κ1) is 15.5. The summed E-state index contributed by atoms with van der Waals surface area (Å²) >= 11 is 0. The minimum absolute atomic E-state index is 0.197. The van der Waals surface area contributed by atoms with E-state index in [1.165, 1.54) is 12.8 Å². The molecule has 1 heterocycles. The molecule has 0 aromatic rings. The van der Waals surface area contributed by atoms with Crippen molar-refractivity contribution in [2.45, 2.75) is 52.9 Å². The van der Waals surface area contributed by atoms with Crippen molar-refractivity contribution >= 4 is 5.91 Å². The predicted octanol–water partition coefficient (Wildman–Crippen LogP) is 2.66. The molecule has 0 aliphatic carbocycles. The van der Waals surface area contributed by atoms with Gasteiger partial charge < -0.3 is 10.2 Å². The molecule has 0 bridgehead atoms. The Morgan fingerprint density at radius 1 is 1.28 bits per heavy atom. The number of piperidine rings is 1. The summed E-state index contributed by atoms with van der Waals surface area (Å²) < 4.78 is 0. The van der Waals surface area contributed by atoms with Crippen molar-refractivity contribution in [3.05, 3.63) is 0 Å². The van der Waals surface area contributed by atoms with E-state index in [-0.39, 0.29) is 5.92 Å². The van der Waals surface area contributed by atoms with Gasteiger partial charge in [-0.3, -0.25) is 4.79 Å². The standard InChI is InChI=1S/C15H30N2O/c1-4-6-13(3)15(18)17(11-5-2)12-14-7-9-16-10-8-14/h13-14,16H,4-12H2,1-3H3. The first-order chi connectivity index (χ1) is 8.69.